The van der Waals surface area contributed by atoms with Crippen molar-refractivity contribution in [2.45, 2.75) is 26.2 Å². The minimum atomic E-state index is -0.994. The maximum Gasteiger partial charge on any atom is 0.346 e. The molecular formula is C16H15NO2S. The molecule has 1 aromatic heterocycles. The maximum absolute atomic E-state index is 11.3. The number of thiophene rings is 1. The summed E-state index contributed by atoms with van der Waals surface area (Å²) in [5, 5.41) is 19.9. The molecule has 1 N–H and O–H groups in total. The first kappa shape index (κ1) is 14.3. The largest absolute Gasteiger partial charge is 0.477 e. The highest BCUT2D eigenvalue weighted by Crippen LogP contribution is 2.34. The van der Waals surface area contributed by atoms with Crippen LogP contribution >= 0.6 is 11.3 Å². The lowest BCUT2D eigenvalue weighted by Crippen LogP contribution is -2.10. The molecule has 1 heterocycles. The molecule has 0 unspecified atom stereocenters. The number of carboxylic acids is 1. The highest BCUT2D eigenvalue weighted by atomic mass is 32.1. The van der Waals surface area contributed by atoms with Crippen LogP contribution in [0.3, 0.4) is 0 Å². The first-order valence-electron chi connectivity index (χ1n) is 6.20. The van der Waals surface area contributed by atoms with Crippen LogP contribution in [0, 0.1) is 11.3 Å². The van der Waals surface area contributed by atoms with Gasteiger partial charge in [-0.1, -0.05) is 45.0 Å². The Hall–Kier alpha value is -2.12. The number of rotatable bonds is 2. The molecule has 0 spiro atoms. The zero-order valence-electron chi connectivity index (χ0n) is 11.6. The molecule has 0 radical (unpaired) electrons. The van der Waals surface area contributed by atoms with E-state index in [1.165, 1.54) is 5.56 Å². The molecule has 0 saturated heterocycles. The molecule has 0 fully saturated rings. The molecule has 0 aliphatic rings. The topological polar surface area (TPSA) is 61.1 Å². The number of nitriles is 1. The summed E-state index contributed by atoms with van der Waals surface area (Å²) in [6.45, 7) is 6.36. The number of carboxylic acid groups (broad SMARTS) is 1. The van der Waals surface area contributed by atoms with Crippen LogP contribution in [0.25, 0.3) is 11.1 Å². The van der Waals surface area contributed by atoms with Crippen molar-refractivity contribution in [2.75, 3.05) is 0 Å². The van der Waals surface area contributed by atoms with Gasteiger partial charge >= 0.3 is 5.97 Å². The van der Waals surface area contributed by atoms with Crippen LogP contribution in [0.5, 0.6) is 0 Å². The Bertz CT molecular complexity index is 685. The van der Waals surface area contributed by atoms with Crippen LogP contribution in [-0.2, 0) is 5.41 Å². The number of hydrogen-bond acceptors (Lipinski definition) is 3. The zero-order chi connectivity index (χ0) is 14.9. The molecule has 0 aliphatic heterocycles. The van der Waals surface area contributed by atoms with Crippen LogP contribution in [0.15, 0.2) is 29.6 Å². The van der Waals surface area contributed by atoms with Gasteiger partial charge in [0.2, 0.25) is 0 Å². The number of nitrogens with zero attached hydrogens (tertiary/aromatic N) is 1. The second-order valence-corrected chi connectivity index (χ2v) is 6.48. The van der Waals surface area contributed by atoms with Crippen molar-refractivity contribution in [1.82, 2.24) is 0 Å². The van der Waals surface area contributed by atoms with Crippen molar-refractivity contribution < 1.29 is 9.90 Å². The molecule has 0 aliphatic carbocycles. The van der Waals surface area contributed by atoms with Crippen molar-refractivity contribution >= 4 is 17.3 Å². The molecule has 4 heteroatoms. The van der Waals surface area contributed by atoms with Gasteiger partial charge in [-0.3, -0.25) is 0 Å². The fraction of sp³-hybridized carbons (Fsp3) is 0.250. The van der Waals surface area contributed by atoms with Gasteiger partial charge in [0.25, 0.3) is 0 Å². The van der Waals surface area contributed by atoms with Crippen LogP contribution in [0.1, 0.15) is 41.6 Å². The quantitative estimate of drug-likeness (QED) is 0.895. The van der Waals surface area contributed by atoms with Crippen LogP contribution < -0.4 is 0 Å². The van der Waals surface area contributed by atoms with Crippen LogP contribution in [0.2, 0.25) is 0 Å². The van der Waals surface area contributed by atoms with E-state index < -0.39 is 5.97 Å². The fourth-order valence-electron chi connectivity index (χ4n) is 2.02. The van der Waals surface area contributed by atoms with Gasteiger partial charge in [-0.25, -0.2) is 4.79 Å². The lowest BCUT2D eigenvalue weighted by atomic mass is 9.86. The van der Waals surface area contributed by atoms with E-state index in [1.54, 1.807) is 5.38 Å². The number of benzene rings is 1. The van der Waals surface area contributed by atoms with E-state index in [-0.39, 0.29) is 10.3 Å². The average molecular weight is 285 g/mol. The van der Waals surface area contributed by atoms with Gasteiger partial charge in [-0.05, 0) is 16.5 Å². The van der Waals surface area contributed by atoms with E-state index in [0.29, 0.717) is 11.1 Å². The maximum atomic E-state index is 11.3. The Morgan fingerprint density at radius 2 is 1.85 bits per heavy atom. The molecule has 1 aromatic carbocycles. The SMILES string of the molecule is CC(C)(C)c1ccc(-c2c(C#N)csc2C(=O)O)cc1. The van der Waals surface area contributed by atoms with Gasteiger partial charge in [-0.15, -0.1) is 11.3 Å². The van der Waals surface area contributed by atoms with E-state index >= 15 is 0 Å². The van der Waals surface area contributed by atoms with Gasteiger partial charge in [0, 0.05) is 10.9 Å². The minimum absolute atomic E-state index is 0.0425. The Kier molecular flexibility index (Phi) is 3.65. The van der Waals surface area contributed by atoms with Crippen molar-refractivity contribution in [1.29, 1.82) is 5.26 Å². The van der Waals surface area contributed by atoms with E-state index in [9.17, 15) is 9.90 Å². The van der Waals surface area contributed by atoms with Gasteiger partial charge in [0.1, 0.15) is 10.9 Å². The highest BCUT2D eigenvalue weighted by Gasteiger charge is 2.20. The van der Waals surface area contributed by atoms with Crippen LogP contribution in [-0.4, -0.2) is 11.1 Å². The molecule has 0 saturated carbocycles. The van der Waals surface area contributed by atoms with Gasteiger partial charge in [-0.2, -0.15) is 5.26 Å². The Morgan fingerprint density at radius 1 is 1.25 bits per heavy atom. The summed E-state index contributed by atoms with van der Waals surface area (Å²) in [6.07, 6.45) is 0. The second-order valence-electron chi connectivity index (χ2n) is 5.60. The summed E-state index contributed by atoms with van der Waals surface area (Å²) < 4.78 is 0. The highest BCUT2D eigenvalue weighted by molar-refractivity contribution is 7.12. The predicted octanol–water partition coefficient (Wildman–Crippen LogP) is 4.28. The number of aromatic carboxylic acids is 1. The van der Waals surface area contributed by atoms with Gasteiger partial charge < -0.3 is 5.11 Å². The Labute approximate surface area is 122 Å². The molecule has 2 aromatic rings. The third-order valence-corrected chi connectivity index (χ3v) is 4.11. The third kappa shape index (κ3) is 2.59. The first-order valence-corrected chi connectivity index (χ1v) is 7.08. The molecule has 0 amide bonds. The summed E-state index contributed by atoms with van der Waals surface area (Å²) >= 11 is 1.09. The molecule has 20 heavy (non-hydrogen) atoms. The summed E-state index contributed by atoms with van der Waals surface area (Å²) in [4.78, 5) is 11.5. The van der Waals surface area contributed by atoms with Crippen molar-refractivity contribution in [3.63, 3.8) is 0 Å². The molecule has 3 nitrogen and oxygen atoms in total. The van der Waals surface area contributed by atoms with Crippen molar-refractivity contribution in [3.05, 3.63) is 45.6 Å². The predicted molar refractivity (Wildman–Crippen MR) is 80.1 cm³/mol. The lowest BCUT2D eigenvalue weighted by molar-refractivity contribution is 0.0703. The van der Waals surface area contributed by atoms with Crippen molar-refractivity contribution in [2.24, 2.45) is 0 Å². The Balaban J connectivity index is 2.55. The third-order valence-electron chi connectivity index (χ3n) is 3.15. The standard InChI is InChI=1S/C16H15NO2S/c1-16(2,3)12-6-4-10(5-7-12)13-11(8-17)9-20-14(13)15(18)19/h4-7,9H,1-3H3,(H,18,19). The molecule has 2 rings (SSSR count). The molecular weight excluding hydrogens is 270 g/mol. The Morgan fingerprint density at radius 3 is 2.30 bits per heavy atom. The fourth-order valence-corrected chi connectivity index (χ4v) is 2.87. The normalized spacial score (nSPS) is 11.1. The average Bonchev–Trinajstić information content (AvgIpc) is 2.81. The summed E-state index contributed by atoms with van der Waals surface area (Å²) in [5.74, 6) is -0.994. The minimum Gasteiger partial charge on any atom is -0.477 e. The van der Waals surface area contributed by atoms with Gasteiger partial charge in [0.05, 0.1) is 5.56 Å². The monoisotopic (exact) mass is 285 g/mol. The van der Waals surface area contributed by atoms with Crippen molar-refractivity contribution in [3.8, 4) is 17.2 Å². The van der Waals surface area contributed by atoms with E-state index in [1.807, 2.05) is 24.3 Å². The molecule has 102 valence electrons. The van der Waals surface area contributed by atoms with E-state index in [4.69, 9.17) is 5.26 Å². The van der Waals surface area contributed by atoms with Gasteiger partial charge in [0.15, 0.2) is 0 Å². The number of hydrogen-bond donors (Lipinski definition) is 1. The summed E-state index contributed by atoms with van der Waals surface area (Å²) in [5.41, 5.74) is 2.92. The zero-order valence-corrected chi connectivity index (χ0v) is 12.4. The van der Waals surface area contributed by atoms with Crippen LogP contribution in [0.4, 0.5) is 0 Å². The number of carbonyl (C=O) groups is 1. The van der Waals surface area contributed by atoms with E-state index in [0.717, 1.165) is 16.9 Å². The molecule has 0 atom stereocenters. The molecule has 0 bridgehead atoms. The smallest absolute Gasteiger partial charge is 0.346 e. The summed E-state index contributed by atoms with van der Waals surface area (Å²) in [7, 11) is 0. The second kappa shape index (κ2) is 5.10. The first-order chi connectivity index (χ1) is 9.34. The van der Waals surface area contributed by atoms with E-state index in [2.05, 4.69) is 26.8 Å². The summed E-state index contributed by atoms with van der Waals surface area (Å²) in [6, 6.07) is 9.80. The lowest BCUT2D eigenvalue weighted by Gasteiger charge is -2.19.